The van der Waals surface area contributed by atoms with Crippen molar-refractivity contribution < 1.29 is 0 Å². The van der Waals surface area contributed by atoms with E-state index in [0.29, 0.717) is 0 Å². The van der Waals surface area contributed by atoms with Gasteiger partial charge in [0, 0.05) is 33.5 Å². The smallest absolute Gasteiger partial charge is 0.0714 e. The van der Waals surface area contributed by atoms with Crippen LogP contribution in [-0.2, 0) is 10.8 Å². The van der Waals surface area contributed by atoms with Crippen molar-refractivity contribution in [1.29, 1.82) is 0 Å². The van der Waals surface area contributed by atoms with Crippen molar-refractivity contribution in [2.24, 2.45) is 0 Å². The zero-order valence-electron chi connectivity index (χ0n) is 44.9. The number of anilines is 3. The van der Waals surface area contributed by atoms with Crippen LogP contribution in [0.1, 0.15) is 44.5 Å². The van der Waals surface area contributed by atoms with Crippen molar-refractivity contribution in [3.05, 3.63) is 360 Å². The molecule has 17 rings (SSSR count). The van der Waals surface area contributed by atoms with Crippen LogP contribution in [0.5, 0.6) is 0 Å². The van der Waals surface area contributed by atoms with E-state index in [1.54, 1.807) is 0 Å². The van der Waals surface area contributed by atoms with Gasteiger partial charge in [-0.1, -0.05) is 249 Å². The van der Waals surface area contributed by atoms with Crippen molar-refractivity contribution in [3.8, 4) is 27.9 Å². The number of aromatic nitrogens is 1. The van der Waals surface area contributed by atoms with Gasteiger partial charge in [0.25, 0.3) is 0 Å². The third-order valence-corrected chi connectivity index (χ3v) is 18.3. The van der Waals surface area contributed by atoms with Crippen LogP contribution in [0.4, 0.5) is 17.1 Å². The maximum Gasteiger partial charge on any atom is 0.0714 e. The van der Waals surface area contributed by atoms with Gasteiger partial charge in [0.05, 0.1) is 21.9 Å². The monoisotopic (exact) mass is 1040 g/mol. The fourth-order valence-corrected chi connectivity index (χ4v) is 15.0. The van der Waals surface area contributed by atoms with Crippen LogP contribution >= 0.6 is 0 Å². The van der Waals surface area contributed by atoms with E-state index in [2.05, 4.69) is 325 Å². The van der Waals surface area contributed by atoms with Crippen LogP contribution in [0.15, 0.2) is 315 Å². The molecule has 82 heavy (non-hydrogen) atoms. The molecular weight excluding hydrogens is 989 g/mol. The molecule has 1 heterocycles. The highest BCUT2D eigenvalue weighted by Gasteiger charge is 2.48. The molecule has 1 aromatic heterocycles. The Balaban J connectivity index is 0.964. The molecule has 0 atom stereocenters. The van der Waals surface area contributed by atoms with Crippen LogP contribution in [-0.4, -0.2) is 4.57 Å². The zero-order chi connectivity index (χ0) is 53.9. The van der Waals surface area contributed by atoms with Gasteiger partial charge in [-0.2, -0.15) is 0 Å². The second-order valence-corrected chi connectivity index (χ2v) is 22.2. The summed E-state index contributed by atoms with van der Waals surface area (Å²) < 4.78 is 2.46. The van der Waals surface area contributed by atoms with Gasteiger partial charge in [0.15, 0.2) is 0 Å². The first kappa shape index (κ1) is 46.4. The normalized spacial score (nSPS) is 13.6. The highest BCUT2D eigenvalue weighted by molar-refractivity contribution is 6.26. The van der Waals surface area contributed by atoms with Crippen LogP contribution in [0.2, 0.25) is 0 Å². The van der Waals surface area contributed by atoms with E-state index >= 15 is 0 Å². The molecule has 0 bridgehead atoms. The van der Waals surface area contributed by atoms with Gasteiger partial charge in [-0.25, -0.2) is 0 Å². The van der Waals surface area contributed by atoms with Crippen molar-refractivity contribution in [2.45, 2.75) is 10.8 Å². The highest BCUT2D eigenvalue weighted by Crippen LogP contribution is 2.59. The van der Waals surface area contributed by atoms with E-state index in [-0.39, 0.29) is 0 Å². The standard InChI is InChI=1S/C80H52N2/c1-5-23-53(24-6-1)79(54-25-7-2-8-26-54)73-38-20-19-37-68(73)69-46-43-60(52-76(69)79)81(58-42-45-65-63-33-14-13-31-61(63)62-32-15-16-34-64(62)70(65)50-58)59-44-48-78-72(51-59)71-49-56(41-47-77(71)82(78)57-29-11-4-12-30-57)80(55-27-9-3-10-28-55)74-39-21-17-35-66(74)67-36-18-22-40-75(67)80/h1-52H. The van der Waals surface area contributed by atoms with Crippen LogP contribution < -0.4 is 4.90 Å². The number of para-hydroxylation sites is 1. The lowest BCUT2D eigenvalue weighted by atomic mass is 9.67. The quantitative estimate of drug-likeness (QED) is 0.138. The summed E-state index contributed by atoms with van der Waals surface area (Å²) >= 11 is 0. The summed E-state index contributed by atoms with van der Waals surface area (Å²) in [4.78, 5) is 2.53. The number of rotatable bonds is 8. The molecule has 0 unspecified atom stereocenters. The third kappa shape index (κ3) is 6.46. The molecule has 0 amide bonds. The molecule has 0 fully saturated rings. The van der Waals surface area contributed by atoms with Gasteiger partial charge < -0.3 is 9.47 Å². The van der Waals surface area contributed by atoms with E-state index in [9.17, 15) is 0 Å². The molecule has 2 heteroatoms. The average molecular weight is 1040 g/mol. The summed E-state index contributed by atoms with van der Waals surface area (Å²) in [6, 6.07) is 118. The summed E-state index contributed by atoms with van der Waals surface area (Å²) in [5, 5.41) is 9.87. The molecule has 0 spiro atoms. The first-order valence-electron chi connectivity index (χ1n) is 28.6. The number of nitrogens with zero attached hydrogens (tertiary/aromatic N) is 2. The van der Waals surface area contributed by atoms with Gasteiger partial charge in [0.1, 0.15) is 0 Å². The summed E-state index contributed by atoms with van der Waals surface area (Å²) in [5.41, 5.74) is 20.8. The Bertz CT molecular complexity index is 4920. The Hall–Kier alpha value is -10.5. The fourth-order valence-electron chi connectivity index (χ4n) is 15.0. The largest absolute Gasteiger partial charge is 0.310 e. The highest BCUT2D eigenvalue weighted by atomic mass is 15.1. The number of benzene rings is 14. The van der Waals surface area contributed by atoms with E-state index in [1.165, 1.54) is 110 Å². The molecule has 0 aliphatic heterocycles. The number of hydrogen-bond acceptors (Lipinski definition) is 1. The van der Waals surface area contributed by atoms with E-state index in [0.717, 1.165) is 33.8 Å². The van der Waals surface area contributed by atoms with Gasteiger partial charge >= 0.3 is 0 Å². The Morgan fingerprint density at radius 1 is 0.220 bits per heavy atom. The molecule has 0 N–H and O–H groups in total. The Labute approximate surface area is 476 Å². The zero-order valence-corrected chi connectivity index (χ0v) is 44.9. The summed E-state index contributed by atoms with van der Waals surface area (Å²) in [6.45, 7) is 0. The molecule has 2 nitrogen and oxygen atoms in total. The van der Waals surface area contributed by atoms with E-state index in [1.807, 2.05) is 0 Å². The van der Waals surface area contributed by atoms with Crippen LogP contribution in [0.3, 0.4) is 0 Å². The number of fused-ring (bicyclic) bond motifs is 15. The summed E-state index contributed by atoms with van der Waals surface area (Å²) in [6.07, 6.45) is 0. The van der Waals surface area contributed by atoms with Crippen molar-refractivity contribution in [1.82, 2.24) is 4.57 Å². The van der Waals surface area contributed by atoms with Crippen molar-refractivity contribution in [2.75, 3.05) is 4.90 Å². The first-order chi connectivity index (χ1) is 40.7. The van der Waals surface area contributed by atoms with Crippen LogP contribution in [0.25, 0.3) is 82.1 Å². The van der Waals surface area contributed by atoms with E-state index < -0.39 is 10.8 Å². The van der Waals surface area contributed by atoms with Gasteiger partial charge in [-0.3, -0.25) is 0 Å². The summed E-state index contributed by atoms with van der Waals surface area (Å²) in [5.74, 6) is 0. The SMILES string of the molecule is c1ccc(-n2c3ccc(N(c4ccc5c(c4)C(c4ccccc4)(c4ccccc4)c4ccccc4-5)c4ccc5c6ccccc6c6ccccc6c5c4)cc3c3cc(C4(c5ccccc5)c5ccccc5-c5ccccc54)ccc32)cc1. The molecular formula is C80H52N2. The minimum absolute atomic E-state index is 0.558. The molecule has 15 aromatic rings. The Morgan fingerprint density at radius 3 is 1.10 bits per heavy atom. The molecule has 2 aliphatic carbocycles. The lowest BCUT2D eigenvalue weighted by Crippen LogP contribution is -2.28. The van der Waals surface area contributed by atoms with E-state index in [4.69, 9.17) is 0 Å². The third-order valence-electron chi connectivity index (χ3n) is 18.3. The predicted molar refractivity (Wildman–Crippen MR) is 343 cm³/mol. The molecule has 0 saturated carbocycles. The average Bonchev–Trinajstić information content (AvgIpc) is 1.86. The molecule has 382 valence electrons. The van der Waals surface area contributed by atoms with Crippen molar-refractivity contribution >= 4 is 71.2 Å². The minimum Gasteiger partial charge on any atom is -0.310 e. The fraction of sp³-hybridized carbons (Fsp3) is 0.0250. The van der Waals surface area contributed by atoms with Crippen LogP contribution in [0, 0.1) is 0 Å². The number of hydrogen-bond donors (Lipinski definition) is 0. The van der Waals surface area contributed by atoms with Crippen molar-refractivity contribution in [3.63, 3.8) is 0 Å². The Morgan fingerprint density at radius 2 is 0.573 bits per heavy atom. The van der Waals surface area contributed by atoms with Gasteiger partial charge in [0.2, 0.25) is 0 Å². The maximum absolute atomic E-state index is 2.53. The predicted octanol–water partition coefficient (Wildman–Crippen LogP) is 20.4. The topological polar surface area (TPSA) is 8.17 Å². The molecule has 14 aromatic carbocycles. The first-order valence-corrected chi connectivity index (χ1v) is 28.6. The maximum atomic E-state index is 2.53. The minimum atomic E-state index is -0.579. The lowest BCUT2D eigenvalue weighted by molar-refractivity contribution is 0.768. The van der Waals surface area contributed by atoms with Gasteiger partial charge in [-0.05, 0) is 166 Å². The van der Waals surface area contributed by atoms with Gasteiger partial charge in [-0.15, -0.1) is 0 Å². The Kier molecular flexibility index (Phi) is 10.2. The summed E-state index contributed by atoms with van der Waals surface area (Å²) in [7, 11) is 0. The molecule has 0 saturated heterocycles. The molecule has 0 radical (unpaired) electrons. The second-order valence-electron chi connectivity index (χ2n) is 22.2. The second kappa shape index (κ2) is 18.0. The lowest BCUT2D eigenvalue weighted by Gasteiger charge is -2.35. The molecule has 2 aliphatic rings.